The summed E-state index contributed by atoms with van der Waals surface area (Å²) in [4.78, 5) is 24.3. The molecule has 2 heterocycles. The molecule has 8 heteroatoms. The van der Waals surface area contributed by atoms with Gasteiger partial charge in [0.1, 0.15) is 0 Å². The highest BCUT2D eigenvalue weighted by molar-refractivity contribution is 5.97. The number of hydrogen-bond acceptors (Lipinski definition) is 2. The number of rotatable bonds is 0. The molecule has 3 rings (SSSR count). The lowest BCUT2D eigenvalue weighted by Crippen LogP contribution is -2.54. The van der Waals surface area contributed by atoms with Gasteiger partial charge in [0, 0.05) is 30.6 Å². The smallest absolute Gasteiger partial charge is 0.416 e. The fourth-order valence-electron chi connectivity index (χ4n) is 3.11. The predicted octanol–water partition coefficient (Wildman–Crippen LogP) is 2.28. The number of nitrogens with zero attached hydrogens (tertiary/aromatic N) is 1. The Balaban J connectivity index is 2.00. The van der Waals surface area contributed by atoms with Crippen LogP contribution in [0.1, 0.15) is 33.8 Å². The van der Waals surface area contributed by atoms with E-state index >= 15 is 0 Å². The number of carbonyl (C=O) groups excluding carboxylic acids is 1. The van der Waals surface area contributed by atoms with Crippen molar-refractivity contribution in [1.29, 1.82) is 0 Å². The van der Waals surface area contributed by atoms with E-state index in [1.807, 2.05) is 0 Å². The molecule has 0 saturated carbocycles. The van der Waals surface area contributed by atoms with Gasteiger partial charge in [-0.3, -0.25) is 4.79 Å². The first-order valence-corrected chi connectivity index (χ1v) is 6.77. The van der Waals surface area contributed by atoms with Crippen molar-refractivity contribution < 1.29 is 27.9 Å². The van der Waals surface area contributed by atoms with Crippen LogP contribution in [0.3, 0.4) is 0 Å². The number of alkyl halides is 3. The van der Waals surface area contributed by atoms with Crippen molar-refractivity contribution >= 4 is 12.0 Å². The van der Waals surface area contributed by atoms with Gasteiger partial charge >= 0.3 is 12.3 Å². The predicted molar refractivity (Wildman–Crippen MR) is 69.7 cm³/mol. The normalized spacial score (nSPS) is 24.3. The van der Waals surface area contributed by atoms with Crippen molar-refractivity contribution in [3.8, 4) is 0 Å². The number of fused-ring (bicyclic) bond motifs is 3. The maximum absolute atomic E-state index is 12.8. The van der Waals surface area contributed by atoms with Crippen LogP contribution in [-0.4, -0.2) is 41.1 Å². The van der Waals surface area contributed by atoms with Gasteiger partial charge < -0.3 is 15.3 Å². The lowest BCUT2D eigenvalue weighted by Gasteiger charge is -2.41. The van der Waals surface area contributed by atoms with Crippen LogP contribution in [0.5, 0.6) is 0 Å². The second kappa shape index (κ2) is 4.89. The molecule has 2 atom stereocenters. The highest BCUT2D eigenvalue weighted by Gasteiger charge is 2.40. The average molecular weight is 314 g/mol. The number of halogens is 3. The number of likely N-dealkylation sites (tertiary alicyclic amines) is 1. The molecule has 1 fully saturated rings. The maximum atomic E-state index is 12.8. The van der Waals surface area contributed by atoms with Crippen LogP contribution in [-0.2, 0) is 6.18 Å². The van der Waals surface area contributed by atoms with E-state index in [1.165, 1.54) is 11.0 Å². The Hall–Kier alpha value is -2.25. The standard InChI is InChI=1S/C14H13F3N2O3/c15-14(16,17)7-1-2-8-9(5-7)12(20)18-11-3-4-19(13(21)22)6-10(8)11/h1-2,5,10-11H,3-4,6H2,(H,18,20)(H,21,22). The summed E-state index contributed by atoms with van der Waals surface area (Å²) in [5.74, 6) is -0.856. The molecule has 2 unspecified atom stereocenters. The summed E-state index contributed by atoms with van der Waals surface area (Å²) < 4.78 is 38.3. The number of amides is 2. The fraction of sp³-hybridized carbons (Fsp3) is 0.429. The first-order valence-electron chi connectivity index (χ1n) is 6.77. The van der Waals surface area contributed by atoms with Crippen molar-refractivity contribution in [3.63, 3.8) is 0 Å². The van der Waals surface area contributed by atoms with Crippen molar-refractivity contribution in [1.82, 2.24) is 10.2 Å². The van der Waals surface area contributed by atoms with E-state index < -0.39 is 23.7 Å². The third-order valence-corrected chi connectivity index (χ3v) is 4.22. The van der Waals surface area contributed by atoms with Crippen LogP contribution < -0.4 is 5.32 Å². The molecule has 118 valence electrons. The van der Waals surface area contributed by atoms with E-state index in [1.54, 1.807) is 0 Å². The van der Waals surface area contributed by atoms with Crippen LogP contribution in [0.25, 0.3) is 0 Å². The summed E-state index contributed by atoms with van der Waals surface area (Å²) in [7, 11) is 0. The Morgan fingerprint density at radius 2 is 2.09 bits per heavy atom. The number of carboxylic acid groups (broad SMARTS) is 1. The SMILES string of the molecule is O=C1NC2CCN(C(=O)O)CC2c2ccc(C(F)(F)F)cc21. The fourth-order valence-corrected chi connectivity index (χ4v) is 3.11. The zero-order valence-electron chi connectivity index (χ0n) is 11.4. The Morgan fingerprint density at radius 1 is 1.36 bits per heavy atom. The highest BCUT2D eigenvalue weighted by atomic mass is 19.4. The van der Waals surface area contributed by atoms with Gasteiger partial charge in [0.25, 0.3) is 5.91 Å². The van der Waals surface area contributed by atoms with Crippen LogP contribution in [0, 0.1) is 0 Å². The van der Waals surface area contributed by atoms with E-state index in [0.717, 1.165) is 12.1 Å². The third-order valence-electron chi connectivity index (χ3n) is 4.22. The molecule has 5 nitrogen and oxygen atoms in total. The second-order valence-corrected chi connectivity index (χ2v) is 5.50. The Bertz CT molecular complexity index is 645. The summed E-state index contributed by atoms with van der Waals surface area (Å²) in [5.41, 5.74) is -0.429. The van der Waals surface area contributed by atoms with Crippen molar-refractivity contribution in [2.24, 2.45) is 0 Å². The van der Waals surface area contributed by atoms with Crippen molar-refractivity contribution in [2.45, 2.75) is 24.6 Å². The molecule has 1 saturated heterocycles. The third kappa shape index (κ3) is 2.38. The van der Waals surface area contributed by atoms with Gasteiger partial charge in [-0.05, 0) is 24.1 Å². The first-order chi connectivity index (χ1) is 10.3. The van der Waals surface area contributed by atoms with Gasteiger partial charge in [0.15, 0.2) is 0 Å². The van der Waals surface area contributed by atoms with Crippen LogP contribution in [0.2, 0.25) is 0 Å². The minimum Gasteiger partial charge on any atom is -0.465 e. The van der Waals surface area contributed by atoms with E-state index in [2.05, 4.69) is 5.32 Å². The molecule has 2 aliphatic rings. The minimum absolute atomic E-state index is 0.0247. The molecule has 0 aliphatic carbocycles. The Labute approximate surface area is 123 Å². The number of hydrogen-bond donors (Lipinski definition) is 2. The summed E-state index contributed by atoms with van der Waals surface area (Å²) in [6, 6.07) is 2.82. The van der Waals surface area contributed by atoms with Crippen molar-refractivity contribution in [3.05, 3.63) is 34.9 Å². The first kappa shape index (κ1) is 14.7. The van der Waals surface area contributed by atoms with E-state index in [0.29, 0.717) is 18.5 Å². The quantitative estimate of drug-likeness (QED) is 0.772. The van der Waals surface area contributed by atoms with E-state index in [-0.39, 0.29) is 24.1 Å². The van der Waals surface area contributed by atoms with Gasteiger partial charge in [0.2, 0.25) is 0 Å². The van der Waals surface area contributed by atoms with Gasteiger partial charge in [-0.1, -0.05) is 6.07 Å². The molecule has 22 heavy (non-hydrogen) atoms. The average Bonchev–Trinajstić information content (AvgIpc) is 2.45. The molecule has 0 radical (unpaired) electrons. The molecular formula is C14H13F3N2O3. The largest absolute Gasteiger partial charge is 0.465 e. The molecule has 0 aromatic heterocycles. The maximum Gasteiger partial charge on any atom is 0.416 e. The number of benzene rings is 1. The minimum atomic E-state index is -4.52. The Morgan fingerprint density at radius 3 is 2.73 bits per heavy atom. The monoisotopic (exact) mass is 314 g/mol. The molecule has 2 aliphatic heterocycles. The summed E-state index contributed by atoms with van der Waals surface area (Å²) >= 11 is 0. The van der Waals surface area contributed by atoms with Gasteiger partial charge in [0.05, 0.1) is 5.56 Å². The summed E-state index contributed by atoms with van der Waals surface area (Å²) in [6.07, 6.45) is -5.14. The molecule has 2 amide bonds. The number of carbonyl (C=O) groups is 2. The van der Waals surface area contributed by atoms with Gasteiger partial charge in [-0.15, -0.1) is 0 Å². The van der Waals surface area contributed by atoms with E-state index in [4.69, 9.17) is 5.11 Å². The molecule has 0 bridgehead atoms. The highest BCUT2D eigenvalue weighted by Crippen LogP contribution is 2.37. The summed E-state index contributed by atoms with van der Waals surface area (Å²) in [5, 5.41) is 11.8. The van der Waals surface area contributed by atoms with Crippen LogP contribution >= 0.6 is 0 Å². The van der Waals surface area contributed by atoms with Gasteiger partial charge in [-0.25, -0.2) is 4.79 Å². The van der Waals surface area contributed by atoms with Crippen LogP contribution in [0.4, 0.5) is 18.0 Å². The zero-order chi connectivity index (χ0) is 16.1. The topological polar surface area (TPSA) is 69.6 Å². The molecule has 2 N–H and O–H groups in total. The van der Waals surface area contributed by atoms with E-state index in [9.17, 15) is 22.8 Å². The number of piperidine rings is 1. The Kier molecular flexibility index (Phi) is 3.26. The molecular weight excluding hydrogens is 301 g/mol. The summed E-state index contributed by atoms with van der Waals surface area (Å²) in [6.45, 7) is 0.464. The zero-order valence-corrected chi connectivity index (χ0v) is 11.4. The lowest BCUT2D eigenvalue weighted by molar-refractivity contribution is -0.137. The molecule has 1 aromatic rings. The molecule has 0 spiro atoms. The second-order valence-electron chi connectivity index (χ2n) is 5.50. The van der Waals surface area contributed by atoms with Gasteiger partial charge in [-0.2, -0.15) is 13.2 Å². The lowest BCUT2D eigenvalue weighted by atomic mass is 9.80. The molecule has 1 aromatic carbocycles. The number of nitrogens with one attached hydrogen (secondary N) is 1. The van der Waals surface area contributed by atoms with Crippen molar-refractivity contribution in [2.75, 3.05) is 13.1 Å². The van der Waals surface area contributed by atoms with Crippen LogP contribution in [0.15, 0.2) is 18.2 Å².